The molecule has 50 heavy (non-hydrogen) atoms. The number of hydrogen-bond acceptors (Lipinski definition) is 10. The zero-order valence-electron chi connectivity index (χ0n) is 29.4. The van der Waals surface area contributed by atoms with E-state index >= 15 is 0 Å². The minimum atomic E-state index is 0. The molecule has 0 saturated carbocycles. The summed E-state index contributed by atoms with van der Waals surface area (Å²) in [7, 11) is 3.38. The summed E-state index contributed by atoms with van der Waals surface area (Å²) in [5, 5.41) is 3.37. The largest absolute Gasteiger partial charge is 0.497 e. The Balaban J connectivity index is 0.000000209. The van der Waals surface area contributed by atoms with E-state index in [1.54, 1.807) is 14.2 Å². The first-order valence-electron chi connectivity index (χ1n) is 17.9. The number of hydrogen-bond donors (Lipinski definition) is 1. The average molecular weight is 691 g/mol. The lowest BCUT2D eigenvalue weighted by Crippen LogP contribution is -2.37. The van der Waals surface area contributed by atoms with Gasteiger partial charge in [-0.25, -0.2) is 0 Å². The van der Waals surface area contributed by atoms with Crippen LogP contribution < -0.4 is 24.3 Å². The molecule has 1 N–H and O–H groups in total. The van der Waals surface area contributed by atoms with E-state index in [2.05, 4.69) is 62.5 Å². The summed E-state index contributed by atoms with van der Waals surface area (Å²) in [6.45, 7) is 15.9. The maximum atomic E-state index is 6.19. The van der Waals surface area contributed by atoms with E-state index in [-0.39, 0.29) is 7.43 Å². The molecule has 0 aliphatic carbocycles. The molecule has 0 amide bonds. The molecular weight excluding hydrogens is 632 g/mol. The number of methoxy groups -OCH3 is 2. The van der Waals surface area contributed by atoms with Gasteiger partial charge in [-0.15, -0.1) is 0 Å². The fourth-order valence-corrected chi connectivity index (χ4v) is 6.95. The van der Waals surface area contributed by atoms with Crippen LogP contribution in [0.4, 0.5) is 0 Å². The van der Waals surface area contributed by atoms with Crippen molar-refractivity contribution in [3.8, 4) is 23.0 Å². The molecule has 274 valence electrons. The highest BCUT2D eigenvalue weighted by Crippen LogP contribution is 2.34. The Morgan fingerprint density at radius 1 is 0.640 bits per heavy atom. The van der Waals surface area contributed by atoms with Crippen LogP contribution in [0.15, 0.2) is 54.6 Å². The van der Waals surface area contributed by atoms with Crippen molar-refractivity contribution in [1.82, 2.24) is 20.0 Å². The van der Waals surface area contributed by atoms with E-state index in [0.717, 1.165) is 147 Å². The number of rotatable bonds is 14. The molecule has 0 bridgehead atoms. The lowest BCUT2D eigenvalue weighted by atomic mass is 10.1. The van der Waals surface area contributed by atoms with Gasteiger partial charge >= 0.3 is 0 Å². The van der Waals surface area contributed by atoms with E-state index in [4.69, 9.17) is 28.4 Å². The number of benzene rings is 3. The third-order valence-corrected chi connectivity index (χ3v) is 9.70. The Morgan fingerprint density at radius 3 is 1.88 bits per heavy atom. The molecule has 2 saturated heterocycles. The summed E-state index contributed by atoms with van der Waals surface area (Å²) < 4.78 is 33.8. The van der Waals surface area contributed by atoms with Crippen molar-refractivity contribution in [3.63, 3.8) is 0 Å². The van der Waals surface area contributed by atoms with Crippen LogP contribution in [0, 0.1) is 0 Å². The van der Waals surface area contributed by atoms with Crippen LogP contribution in [0.2, 0.25) is 0 Å². The highest BCUT2D eigenvalue weighted by molar-refractivity contribution is 5.44. The van der Waals surface area contributed by atoms with Crippen LogP contribution in [0.25, 0.3) is 0 Å². The minimum Gasteiger partial charge on any atom is -0.497 e. The van der Waals surface area contributed by atoms with Crippen LogP contribution in [0.5, 0.6) is 23.0 Å². The van der Waals surface area contributed by atoms with Gasteiger partial charge < -0.3 is 33.7 Å². The molecule has 4 aliphatic rings. The molecule has 0 atom stereocenters. The minimum absolute atomic E-state index is 0. The summed E-state index contributed by atoms with van der Waals surface area (Å²) in [5.41, 5.74) is 6.56. The van der Waals surface area contributed by atoms with Gasteiger partial charge in [-0.3, -0.25) is 14.7 Å². The maximum absolute atomic E-state index is 6.19. The quantitative estimate of drug-likeness (QED) is 0.224. The number of morpholine rings is 2. The number of nitrogens with one attached hydrogen (secondary N) is 1. The van der Waals surface area contributed by atoms with Gasteiger partial charge in [0.15, 0.2) is 0 Å². The second-order valence-corrected chi connectivity index (χ2v) is 13.0. The molecular formula is C40H58N4O6. The van der Waals surface area contributed by atoms with Crippen LogP contribution in [-0.4, -0.2) is 108 Å². The molecule has 10 nitrogen and oxygen atoms in total. The average Bonchev–Trinajstić information content (AvgIpc) is 3.81. The van der Waals surface area contributed by atoms with Crippen LogP contribution >= 0.6 is 0 Å². The van der Waals surface area contributed by atoms with Crippen molar-refractivity contribution in [3.05, 3.63) is 82.4 Å². The lowest BCUT2D eigenvalue weighted by Gasteiger charge is -2.26. The Bertz CT molecular complexity index is 1460. The molecule has 0 aromatic heterocycles. The first-order valence-corrected chi connectivity index (χ1v) is 17.9. The summed E-state index contributed by atoms with van der Waals surface area (Å²) in [4.78, 5) is 7.33. The molecule has 2 fully saturated rings. The maximum Gasteiger partial charge on any atom is 0.127 e. The van der Waals surface area contributed by atoms with E-state index in [1.807, 2.05) is 12.1 Å². The summed E-state index contributed by atoms with van der Waals surface area (Å²) in [6.07, 6.45) is 2.12. The SMILES string of the molecule is C.COc1ccc(CN2Cc3cccc(OCCCN4CCOCC4)c3C2)c(OC)c1.c1cc2c(c(OCCCN3CCOCC3)c1)CNC2. The van der Waals surface area contributed by atoms with Gasteiger partial charge in [-0.2, -0.15) is 0 Å². The third kappa shape index (κ3) is 10.6. The van der Waals surface area contributed by atoms with Gasteiger partial charge in [0.1, 0.15) is 23.0 Å². The van der Waals surface area contributed by atoms with E-state index < -0.39 is 0 Å². The fraction of sp³-hybridized carbons (Fsp3) is 0.550. The molecule has 4 aliphatic heterocycles. The first-order chi connectivity index (χ1) is 24.2. The van der Waals surface area contributed by atoms with Gasteiger partial charge in [0.05, 0.1) is 53.9 Å². The zero-order chi connectivity index (χ0) is 33.7. The fourth-order valence-electron chi connectivity index (χ4n) is 6.95. The smallest absolute Gasteiger partial charge is 0.127 e. The second-order valence-electron chi connectivity index (χ2n) is 13.0. The van der Waals surface area contributed by atoms with Crippen molar-refractivity contribution in [2.24, 2.45) is 0 Å². The Kier molecular flexibility index (Phi) is 15.0. The van der Waals surface area contributed by atoms with Crippen molar-refractivity contribution in [2.45, 2.75) is 53.0 Å². The predicted molar refractivity (Wildman–Crippen MR) is 197 cm³/mol. The van der Waals surface area contributed by atoms with Crippen LogP contribution in [-0.2, 0) is 42.2 Å². The summed E-state index contributed by atoms with van der Waals surface area (Å²) in [5.74, 6) is 3.76. The molecule has 0 spiro atoms. The standard InChI is InChI=1S/C24H32N2O4.C15H22N2O2.CH4/c1-27-21-8-7-20(24(15-21)28-2)17-26-16-19-5-3-6-23(22(19)18-26)30-12-4-9-25-10-13-29-14-11-25;1-3-13-11-16-12-14(13)15(4-1)19-8-2-5-17-6-9-18-10-7-17;/h3,5-8,15H,4,9-14,16-18H2,1-2H3;1,3-4,16H,2,5-12H2;1H4. The molecule has 0 unspecified atom stereocenters. The van der Waals surface area contributed by atoms with Gasteiger partial charge in [0, 0.05) is 94.7 Å². The number of nitrogens with zero attached hydrogens (tertiary/aromatic N) is 3. The molecule has 10 heteroatoms. The predicted octanol–water partition coefficient (Wildman–Crippen LogP) is 5.35. The highest BCUT2D eigenvalue weighted by Gasteiger charge is 2.24. The first kappa shape index (κ1) is 37.9. The van der Waals surface area contributed by atoms with E-state index in [1.165, 1.54) is 27.8 Å². The normalized spacial score (nSPS) is 17.6. The number of fused-ring (bicyclic) bond motifs is 2. The van der Waals surface area contributed by atoms with Gasteiger partial charge in [-0.1, -0.05) is 37.8 Å². The topological polar surface area (TPSA) is 77.1 Å². The Morgan fingerprint density at radius 2 is 1.26 bits per heavy atom. The third-order valence-electron chi connectivity index (χ3n) is 9.70. The second kappa shape index (κ2) is 19.9. The zero-order valence-corrected chi connectivity index (χ0v) is 29.4. The van der Waals surface area contributed by atoms with Gasteiger partial charge in [0.25, 0.3) is 0 Å². The molecule has 3 aromatic rings. The van der Waals surface area contributed by atoms with E-state index in [9.17, 15) is 0 Å². The summed E-state index contributed by atoms with van der Waals surface area (Å²) >= 11 is 0. The Hall–Kier alpha value is -3.38. The van der Waals surface area contributed by atoms with Crippen LogP contribution in [0.1, 0.15) is 48.1 Å². The van der Waals surface area contributed by atoms with Gasteiger partial charge in [0.2, 0.25) is 0 Å². The monoisotopic (exact) mass is 690 g/mol. The van der Waals surface area contributed by atoms with Crippen molar-refractivity contribution >= 4 is 0 Å². The molecule has 0 radical (unpaired) electrons. The lowest BCUT2D eigenvalue weighted by molar-refractivity contribution is 0.0357. The van der Waals surface area contributed by atoms with E-state index in [0.29, 0.717) is 0 Å². The molecule has 7 rings (SSSR count). The van der Waals surface area contributed by atoms with Crippen molar-refractivity contribution in [2.75, 3.05) is 93.1 Å². The summed E-state index contributed by atoms with van der Waals surface area (Å²) in [6, 6.07) is 18.8. The highest BCUT2D eigenvalue weighted by atomic mass is 16.5. The number of ether oxygens (including phenoxy) is 6. The molecule has 3 aromatic carbocycles. The van der Waals surface area contributed by atoms with Crippen LogP contribution in [0.3, 0.4) is 0 Å². The Labute approximate surface area is 299 Å². The molecule has 4 heterocycles. The van der Waals surface area contributed by atoms with Crippen molar-refractivity contribution < 1.29 is 28.4 Å². The van der Waals surface area contributed by atoms with Gasteiger partial charge in [-0.05, 0) is 42.2 Å². The van der Waals surface area contributed by atoms with Crippen molar-refractivity contribution in [1.29, 1.82) is 0 Å².